The number of nitrogens with two attached hydrogens (primary N) is 1. The molecule has 21 heavy (non-hydrogen) atoms. The quantitative estimate of drug-likeness (QED) is 0.719. The Hall–Kier alpha value is -2.70. The lowest BCUT2D eigenvalue weighted by Crippen LogP contribution is -2.32. The third-order valence-electron chi connectivity index (χ3n) is 3.38. The average molecular weight is 284 g/mol. The summed E-state index contributed by atoms with van der Waals surface area (Å²) in [5.41, 5.74) is 8.45. The minimum absolute atomic E-state index is 0.247. The molecular weight excluding hydrogens is 266 g/mol. The number of hydrogen-bond donors (Lipinski definition) is 1. The maximum atomic E-state index is 5.84. The van der Waals surface area contributed by atoms with Crippen molar-refractivity contribution in [2.24, 2.45) is 0 Å². The number of nitrogens with zero attached hydrogens (tertiary/aromatic N) is 6. The molecule has 0 saturated heterocycles. The Labute approximate surface area is 122 Å². The van der Waals surface area contributed by atoms with Gasteiger partial charge < -0.3 is 15.2 Å². The van der Waals surface area contributed by atoms with Gasteiger partial charge in [0.05, 0.1) is 18.7 Å². The van der Waals surface area contributed by atoms with Crippen LogP contribution in [-0.2, 0) is 6.54 Å². The van der Waals surface area contributed by atoms with Crippen LogP contribution in [0.1, 0.15) is 6.92 Å². The van der Waals surface area contributed by atoms with Crippen molar-refractivity contribution in [1.82, 2.24) is 19.5 Å². The predicted octanol–water partition coefficient (Wildman–Crippen LogP) is 0.771. The van der Waals surface area contributed by atoms with Gasteiger partial charge in [0, 0.05) is 43.4 Å². The first-order valence-electron chi connectivity index (χ1n) is 6.77. The number of pyridine rings is 1. The second-order valence-corrected chi connectivity index (χ2v) is 4.97. The Morgan fingerprint density at radius 1 is 1.24 bits per heavy atom. The Morgan fingerprint density at radius 3 is 2.57 bits per heavy atom. The van der Waals surface area contributed by atoms with Crippen LogP contribution in [0.3, 0.4) is 0 Å². The van der Waals surface area contributed by atoms with E-state index in [4.69, 9.17) is 5.73 Å². The maximum absolute atomic E-state index is 5.84. The molecule has 3 heterocycles. The molecule has 0 saturated carbocycles. The van der Waals surface area contributed by atoms with Gasteiger partial charge >= 0.3 is 11.8 Å². The van der Waals surface area contributed by atoms with Gasteiger partial charge in [0.25, 0.3) is 0 Å². The summed E-state index contributed by atoms with van der Waals surface area (Å²) in [7, 11) is 4.01. The van der Waals surface area contributed by atoms with Gasteiger partial charge in [-0.1, -0.05) is 0 Å². The maximum Gasteiger partial charge on any atom is 0.361 e. The molecule has 0 aromatic carbocycles. The largest absolute Gasteiger partial charge is 0.377 e. The molecule has 108 valence electrons. The highest BCUT2D eigenvalue weighted by Gasteiger charge is 2.20. The Kier molecular flexibility index (Phi) is 3.17. The smallest absolute Gasteiger partial charge is 0.361 e. The van der Waals surface area contributed by atoms with E-state index in [0.29, 0.717) is 5.82 Å². The summed E-state index contributed by atoms with van der Waals surface area (Å²) in [5, 5.41) is 0. The van der Waals surface area contributed by atoms with Crippen LogP contribution in [-0.4, -0.2) is 33.6 Å². The molecule has 3 aromatic heterocycles. The molecule has 0 aliphatic carbocycles. The number of imidazole rings is 1. The van der Waals surface area contributed by atoms with Crippen molar-refractivity contribution in [2.75, 3.05) is 24.7 Å². The molecule has 0 amide bonds. The highest BCUT2D eigenvalue weighted by atomic mass is 15.2. The fourth-order valence-electron chi connectivity index (χ4n) is 2.22. The Balaban J connectivity index is 2.17. The van der Waals surface area contributed by atoms with Gasteiger partial charge in [-0.25, -0.2) is 9.55 Å². The van der Waals surface area contributed by atoms with Crippen molar-refractivity contribution in [3.63, 3.8) is 0 Å². The van der Waals surface area contributed by atoms with Crippen LogP contribution in [0.15, 0.2) is 30.9 Å². The summed E-state index contributed by atoms with van der Waals surface area (Å²) in [6.07, 6.45) is 5.65. The number of anilines is 2. The molecule has 2 N–H and O–H groups in total. The van der Waals surface area contributed by atoms with E-state index in [0.717, 1.165) is 23.4 Å². The third kappa shape index (κ3) is 2.26. The van der Waals surface area contributed by atoms with Crippen molar-refractivity contribution in [3.8, 4) is 5.82 Å². The molecule has 0 atom stereocenters. The summed E-state index contributed by atoms with van der Waals surface area (Å²) in [4.78, 5) is 15.1. The highest BCUT2D eigenvalue weighted by molar-refractivity contribution is 5.77. The molecule has 7 heteroatoms. The van der Waals surface area contributed by atoms with E-state index < -0.39 is 0 Å². The lowest BCUT2D eigenvalue weighted by Gasteiger charge is -2.11. The molecule has 3 aromatic rings. The number of fused-ring (bicyclic) bond motifs is 1. The van der Waals surface area contributed by atoms with E-state index in [1.807, 2.05) is 59.6 Å². The van der Waals surface area contributed by atoms with Crippen LogP contribution in [0.4, 0.5) is 11.6 Å². The number of aryl methyl sites for hydroxylation is 1. The molecule has 0 bridgehead atoms. The van der Waals surface area contributed by atoms with Gasteiger partial charge in [0.1, 0.15) is 0 Å². The molecule has 0 aliphatic rings. The van der Waals surface area contributed by atoms with Crippen LogP contribution in [0.25, 0.3) is 17.0 Å². The van der Waals surface area contributed by atoms with E-state index in [9.17, 15) is 0 Å². The number of hydrogen-bond acceptors (Lipinski definition) is 5. The first-order valence-corrected chi connectivity index (χ1v) is 6.77. The molecule has 3 rings (SSSR count). The molecule has 0 aliphatic heterocycles. The Morgan fingerprint density at radius 2 is 1.95 bits per heavy atom. The molecular formula is C14H18N7+. The lowest BCUT2D eigenvalue weighted by molar-refractivity contribution is -0.597. The van der Waals surface area contributed by atoms with E-state index in [-0.39, 0.29) is 5.95 Å². The van der Waals surface area contributed by atoms with E-state index in [2.05, 4.69) is 15.0 Å². The SMILES string of the molecule is CCn1cnc2c(-[n+]3ccc(N(C)C)cc3)nc(N)nc21. The summed E-state index contributed by atoms with van der Waals surface area (Å²) in [6, 6.07) is 4.03. The van der Waals surface area contributed by atoms with E-state index in [1.165, 1.54) is 0 Å². The van der Waals surface area contributed by atoms with Gasteiger partial charge in [-0.15, -0.1) is 0 Å². The van der Waals surface area contributed by atoms with Crippen molar-refractivity contribution in [1.29, 1.82) is 0 Å². The fourth-order valence-corrected chi connectivity index (χ4v) is 2.22. The topological polar surface area (TPSA) is 76.7 Å². The average Bonchev–Trinajstić information content (AvgIpc) is 2.89. The van der Waals surface area contributed by atoms with Gasteiger partial charge in [0.15, 0.2) is 5.65 Å². The van der Waals surface area contributed by atoms with Crippen LogP contribution >= 0.6 is 0 Å². The molecule has 0 unspecified atom stereocenters. The summed E-state index contributed by atoms with van der Waals surface area (Å²) in [5.74, 6) is 0.937. The lowest BCUT2D eigenvalue weighted by atomic mass is 10.3. The van der Waals surface area contributed by atoms with Gasteiger partial charge in [0.2, 0.25) is 5.52 Å². The monoisotopic (exact) mass is 284 g/mol. The van der Waals surface area contributed by atoms with E-state index in [1.54, 1.807) is 6.33 Å². The zero-order valence-corrected chi connectivity index (χ0v) is 12.4. The highest BCUT2D eigenvalue weighted by Crippen LogP contribution is 2.16. The molecule has 0 radical (unpaired) electrons. The summed E-state index contributed by atoms with van der Waals surface area (Å²) < 4.78 is 3.85. The van der Waals surface area contributed by atoms with Gasteiger partial charge in [-0.05, 0) is 6.92 Å². The van der Waals surface area contributed by atoms with Crippen molar-refractivity contribution in [3.05, 3.63) is 30.9 Å². The second-order valence-electron chi connectivity index (χ2n) is 4.97. The minimum atomic E-state index is 0.247. The van der Waals surface area contributed by atoms with Crippen molar-refractivity contribution >= 4 is 22.8 Å². The van der Waals surface area contributed by atoms with Crippen LogP contribution in [0, 0.1) is 0 Å². The van der Waals surface area contributed by atoms with Crippen LogP contribution < -0.4 is 15.2 Å². The van der Waals surface area contributed by atoms with Crippen molar-refractivity contribution < 1.29 is 4.57 Å². The van der Waals surface area contributed by atoms with Crippen molar-refractivity contribution in [2.45, 2.75) is 13.5 Å². The fraction of sp³-hybridized carbons (Fsp3) is 0.286. The summed E-state index contributed by atoms with van der Waals surface area (Å²) >= 11 is 0. The third-order valence-corrected chi connectivity index (χ3v) is 3.38. The predicted molar refractivity (Wildman–Crippen MR) is 81.3 cm³/mol. The molecule has 0 spiro atoms. The Bertz CT molecular complexity index is 774. The zero-order valence-electron chi connectivity index (χ0n) is 12.4. The number of rotatable bonds is 3. The van der Waals surface area contributed by atoms with Crippen LogP contribution in [0.2, 0.25) is 0 Å². The minimum Gasteiger partial charge on any atom is -0.377 e. The van der Waals surface area contributed by atoms with E-state index >= 15 is 0 Å². The standard InChI is InChI=1S/C14H18N7/c1-4-20-9-16-11-12(20)17-14(15)18-13(11)21-7-5-10(6-8-21)19(2)3/h5-9H,4H2,1-3H3,(H2,15,17,18)/q+1. The number of nitrogen functional groups attached to an aromatic ring is 1. The first kappa shape index (κ1) is 13.3. The second kappa shape index (κ2) is 5.01. The molecule has 7 nitrogen and oxygen atoms in total. The number of aromatic nitrogens is 5. The normalized spacial score (nSPS) is 11.0. The first-order chi connectivity index (χ1) is 10.1. The zero-order chi connectivity index (χ0) is 15.0. The van der Waals surface area contributed by atoms with Gasteiger partial charge in [-0.3, -0.25) is 0 Å². The van der Waals surface area contributed by atoms with Gasteiger partial charge in [-0.2, -0.15) is 4.98 Å². The van der Waals surface area contributed by atoms with Crippen LogP contribution in [0.5, 0.6) is 0 Å². The molecule has 0 fully saturated rings. The summed E-state index contributed by atoms with van der Waals surface area (Å²) in [6.45, 7) is 2.83.